The maximum atomic E-state index is 12.4. The maximum Gasteiger partial charge on any atom is 0.317 e. The standard InChI is InChI=1S/C16H29N5O/c1-3-20(4-2)15-7-11-21(13-15)16(22)18-14-5-9-19(10-6-14)12-8-17/h14-15H,3-7,9-13H2,1-2H3,(H,18,22). The Bertz CT molecular complexity index is 396. The number of amides is 2. The van der Waals surface area contributed by atoms with Crippen molar-refractivity contribution in [3.63, 3.8) is 0 Å². The van der Waals surface area contributed by atoms with Crippen molar-refractivity contribution in [2.45, 2.75) is 45.2 Å². The van der Waals surface area contributed by atoms with Gasteiger partial charge in [-0.2, -0.15) is 5.26 Å². The monoisotopic (exact) mass is 307 g/mol. The molecular formula is C16H29N5O. The first kappa shape index (κ1) is 17.0. The van der Waals surface area contributed by atoms with Crippen molar-refractivity contribution >= 4 is 6.03 Å². The van der Waals surface area contributed by atoms with E-state index in [0.29, 0.717) is 12.6 Å². The van der Waals surface area contributed by atoms with Crippen LogP contribution in [0, 0.1) is 11.3 Å². The third kappa shape index (κ3) is 4.34. The van der Waals surface area contributed by atoms with E-state index in [1.165, 1.54) is 0 Å². The molecule has 2 fully saturated rings. The fourth-order valence-electron chi connectivity index (χ4n) is 3.57. The highest BCUT2D eigenvalue weighted by molar-refractivity contribution is 5.74. The van der Waals surface area contributed by atoms with Crippen LogP contribution < -0.4 is 5.32 Å². The van der Waals surface area contributed by atoms with Gasteiger partial charge in [0.15, 0.2) is 0 Å². The Morgan fingerprint density at radius 3 is 2.50 bits per heavy atom. The third-order valence-electron chi connectivity index (χ3n) is 4.99. The molecule has 6 nitrogen and oxygen atoms in total. The molecule has 0 saturated carbocycles. The van der Waals surface area contributed by atoms with Crippen LogP contribution in [0.15, 0.2) is 0 Å². The van der Waals surface area contributed by atoms with E-state index >= 15 is 0 Å². The van der Waals surface area contributed by atoms with E-state index in [1.54, 1.807) is 0 Å². The van der Waals surface area contributed by atoms with Gasteiger partial charge in [-0.3, -0.25) is 9.80 Å². The van der Waals surface area contributed by atoms with Gasteiger partial charge in [-0.05, 0) is 32.4 Å². The Kier molecular flexibility index (Phi) is 6.47. The summed E-state index contributed by atoms with van der Waals surface area (Å²) in [5.41, 5.74) is 0. The Morgan fingerprint density at radius 1 is 1.23 bits per heavy atom. The molecule has 2 saturated heterocycles. The summed E-state index contributed by atoms with van der Waals surface area (Å²) in [6, 6.07) is 3.05. The van der Waals surface area contributed by atoms with Crippen LogP contribution in [0.5, 0.6) is 0 Å². The van der Waals surface area contributed by atoms with Crippen LogP contribution in [0.1, 0.15) is 33.1 Å². The lowest BCUT2D eigenvalue weighted by Crippen LogP contribution is -2.49. The Morgan fingerprint density at radius 2 is 1.91 bits per heavy atom. The molecule has 2 rings (SSSR count). The molecule has 0 aliphatic carbocycles. The number of nitrogens with zero attached hydrogens (tertiary/aromatic N) is 4. The topological polar surface area (TPSA) is 62.6 Å². The highest BCUT2D eigenvalue weighted by Crippen LogP contribution is 2.16. The molecule has 0 radical (unpaired) electrons. The van der Waals surface area contributed by atoms with Gasteiger partial charge in [0.2, 0.25) is 0 Å². The summed E-state index contributed by atoms with van der Waals surface area (Å²) >= 11 is 0. The molecular weight excluding hydrogens is 278 g/mol. The van der Waals surface area contributed by atoms with Gasteiger partial charge in [0.05, 0.1) is 12.6 Å². The molecule has 2 amide bonds. The predicted octanol–water partition coefficient (Wildman–Crippen LogP) is 1.10. The summed E-state index contributed by atoms with van der Waals surface area (Å²) < 4.78 is 0. The number of hydrogen-bond donors (Lipinski definition) is 1. The summed E-state index contributed by atoms with van der Waals surface area (Å²) in [6.45, 7) is 10.5. The number of carbonyl (C=O) groups is 1. The van der Waals surface area contributed by atoms with Crippen molar-refractivity contribution in [2.75, 3.05) is 45.8 Å². The van der Waals surface area contributed by atoms with E-state index in [0.717, 1.165) is 58.5 Å². The number of likely N-dealkylation sites (N-methyl/N-ethyl adjacent to an activating group) is 1. The second-order valence-electron chi connectivity index (χ2n) is 6.27. The Balaban J connectivity index is 1.74. The molecule has 6 heteroatoms. The highest BCUT2D eigenvalue weighted by atomic mass is 16.2. The zero-order chi connectivity index (χ0) is 15.9. The minimum atomic E-state index is 0.0911. The number of likely N-dealkylation sites (tertiary alicyclic amines) is 2. The van der Waals surface area contributed by atoms with E-state index in [1.807, 2.05) is 4.90 Å². The van der Waals surface area contributed by atoms with Gasteiger partial charge < -0.3 is 10.2 Å². The number of carbonyl (C=O) groups excluding carboxylic acids is 1. The lowest BCUT2D eigenvalue weighted by Gasteiger charge is -2.32. The van der Waals surface area contributed by atoms with Crippen LogP contribution in [0.25, 0.3) is 0 Å². The maximum absolute atomic E-state index is 12.4. The molecule has 0 bridgehead atoms. The molecule has 2 aliphatic heterocycles. The molecule has 1 N–H and O–H groups in total. The van der Waals surface area contributed by atoms with Crippen molar-refractivity contribution in [2.24, 2.45) is 0 Å². The first-order valence-electron chi connectivity index (χ1n) is 8.56. The number of hydrogen-bond acceptors (Lipinski definition) is 4. The summed E-state index contributed by atoms with van der Waals surface area (Å²) in [6.07, 6.45) is 2.97. The molecule has 0 aromatic rings. The van der Waals surface area contributed by atoms with Gasteiger partial charge in [-0.1, -0.05) is 13.8 Å². The second-order valence-corrected chi connectivity index (χ2v) is 6.27. The van der Waals surface area contributed by atoms with Crippen LogP contribution in [-0.4, -0.2) is 78.6 Å². The van der Waals surface area contributed by atoms with Crippen LogP contribution in [0.4, 0.5) is 4.79 Å². The lowest BCUT2D eigenvalue weighted by atomic mass is 10.1. The van der Waals surface area contributed by atoms with Crippen molar-refractivity contribution < 1.29 is 4.79 Å². The van der Waals surface area contributed by atoms with Crippen molar-refractivity contribution in [1.29, 1.82) is 5.26 Å². The average molecular weight is 307 g/mol. The molecule has 22 heavy (non-hydrogen) atoms. The summed E-state index contributed by atoms with van der Waals surface area (Å²) in [5.74, 6) is 0. The van der Waals surface area contributed by atoms with Crippen LogP contribution in [-0.2, 0) is 0 Å². The fraction of sp³-hybridized carbons (Fsp3) is 0.875. The number of piperidine rings is 1. The minimum absolute atomic E-state index is 0.0911. The molecule has 124 valence electrons. The molecule has 0 spiro atoms. The molecule has 0 aromatic heterocycles. The summed E-state index contributed by atoms with van der Waals surface area (Å²) in [5, 5.41) is 11.9. The van der Waals surface area contributed by atoms with Gasteiger partial charge >= 0.3 is 6.03 Å². The van der Waals surface area contributed by atoms with E-state index in [2.05, 4.69) is 35.0 Å². The van der Waals surface area contributed by atoms with Gasteiger partial charge in [0.25, 0.3) is 0 Å². The quantitative estimate of drug-likeness (QED) is 0.773. The van der Waals surface area contributed by atoms with E-state index in [9.17, 15) is 4.79 Å². The molecule has 2 heterocycles. The Hall–Kier alpha value is -1.32. The zero-order valence-corrected chi connectivity index (χ0v) is 13.9. The first-order valence-corrected chi connectivity index (χ1v) is 8.56. The number of nitriles is 1. The second kappa shape index (κ2) is 8.35. The fourth-order valence-corrected chi connectivity index (χ4v) is 3.57. The summed E-state index contributed by atoms with van der Waals surface area (Å²) in [4.78, 5) is 18.9. The molecule has 1 atom stereocenters. The van der Waals surface area contributed by atoms with Gasteiger partial charge in [0.1, 0.15) is 0 Å². The van der Waals surface area contributed by atoms with Crippen LogP contribution >= 0.6 is 0 Å². The van der Waals surface area contributed by atoms with Gasteiger partial charge in [-0.25, -0.2) is 4.79 Å². The van der Waals surface area contributed by atoms with E-state index in [4.69, 9.17) is 5.26 Å². The first-order chi connectivity index (χ1) is 10.7. The normalized spacial score (nSPS) is 23.7. The molecule has 2 aliphatic rings. The zero-order valence-electron chi connectivity index (χ0n) is 13.9. The third-order valence-corrected chi connectivity index (χ3v) is 4.99. The van der Waals surface area contributed by atoms with Crippen molar-refractivity contribution in [3.05, 3.63) is 0 Å². The van der Waals surface area contributed by atoms with E-state index in [-0.39, 0.29) is 12.1 Å². The van der Waals surface area contributed by atoms with Crippen molar-refractivity contribution in [1.82, 2.24) is 20.0 Å². The van der Waals surface area contributed by atoms with Crippen LogP contribution in [0.2, 0.25) is 0 Å². The average Bonchev–Trinajstić information content (AvgIpc) is 3.01. The number of rotatable bonds is 5. The largest absolute Gasteiger partial charge is 0.335 e. The number of urea groups is 1. The smallest absolute Gasteiger partial charge is 0.317 e. The minimum Gasteiger partial charge on any atom is -0.335 e. The predicted molar refractivity (Wildman–Crippen MR) is 86.5 cm³/mol. The lowest BCUT2D eigenvalue weighted by molar-refractivity contribution is 0.177. The Labute approximate surface area is 134 Å². The highest BCUT2D eigenvalue weighted by Gasteiger charge is 2.30. The summed E-state index contributed by atoms with van der Waals surface area (Å²) in [7, 11) is 0. The molecule has 0 aromatic carbocycles. The van der Waals surface area contributed by atoms with Crippen molar-refractivity contribution in [3.8, 4) is 6.07 Å². The van der Waals surface area contributed by atoms with E-state index < -0.39 is 0 Å². The van der Waals surface area contributed by atoms with Gasteiger partial charge in [0, 0.05) is 38.3 Å². The van der Waals surface area contributed by atoms with Gasteiger partial charge in [-0.15, -0.1) is 0 Å². The molecule has 1 unspecified atom stereocenters. The number of nitrogens with one attached hydrogen (secondary N) is 1. The SMILES string of the molecule is CCN(CC)C1CCN(C(=O)NC2CCN(CC#N)CC2)C1. The van der Waals surface area contributed by atoms with Crippen LogP contribution in [0.3, 0.4) is 0 Å².